The molecule has 1 aromatic heterocycles. The standard InChI is InChI=1S/C24H25FN2O/c1-16-6-5-7-20(14-16)26-24(28)23-17(2)21-8-3-4-9-22(21)27(23)15-18-10-12-19(25)13-11-18/h5-7,10-14H,3-4,8-9,15H2,1-2H3,(H,26,28). The predicted octanol–water partition coefficient (Wildman–Crippen LogP) is 5.42. The zero-order valence-electron chi connectivity index (χ0n) is 16.4. The van der Waals surface area contributed by atoms with Crippen molar-refractivity contribution in [3.63, 3.8) is 0 Å². The second-order valence-corrected chi connectivity index (χ2v) is 7.64. The Labute approximate surface area is 165 Å². The maximum Gasteiger partial charge on any atom is 0.272 e. The summed E-state index contributed by atoms with van der Waals surface area (Å²) >= 11 is 0. The van der Waals surface area contributed by atoms with Gasteiger partial charge in [-0.25, -0.2) is 4.39 Å². The highest BCUT2D eigenvalue weighted by Gasteiger charge is 2.26. The van der Waals surface area contributed by atoms with E-state index in [0.29, 0.717) is 6.54 Å². The number of anilines is 1. The van der Waals surface area contributed by atoms with E-state index >= 15 is 0 Å². The molecule has 4 heteroatoms. The van der Waals surface area contributed by atoms with Crippen LogP contribution in [0.2, 0.25) is 0 Å². The highest BCUT2D eigenvalue weighted by Crippen LogP contribution is 2.31. The van der Waals surface area contributed by atoms with Gasteiger partial charge in [0.15, 0.2) is 0 Å². The summed E-state index contributed by atoms with van der Waals surface area (Å²) in [6.07, 6.45) is 4.30. The first-order chi connectivity index (χ1) is 13.5. The largest absolute Gasteiger partial charge is 0.336 e. The van der Waals surface area contributed by atoms with Crippen molar-refractivity contribution in [3.05, 3.63) is 88.0 Å². The van der Waals surface area contributed by atoms with Crippen LogP contribution in [0.25, 0.3) is 0 Å². The Balaban J connectivity index is 1.73. The lowest BCUT2D eigenvalue weighted by Gasteiger charge is -2.17. The number of nitrogens with zero attached hydrogens (tertiary/aromatic N) is 1. The van der Waals surface area contributed by atoms with E-state index < -0.39 is 0 Å². The highest BCUT2D eigenvalue weighted by molar-refractivity contribution is 6.04. The van der Waals surface area contributed by atoms with Crippen molar-refractivity contribution in [2.75, 3.05) is 5.32 Å². The first-order valence-corrected chi connectivity index (χ1v) is 9.86. The van der Waals surface area contributed by atoms with E-state index in [1.54, 1.807) is 12.1 Å². The molecule has 0 aliphatic heterocycles. The summed E-state index contributed by atoms with van der Waals surface area (Å²) in [4.78, 5) is 13.2. The summed E-state index contributed by atoms with van der Waals surface area (Å²) < 4.78 is 15.5. The summed E-state index contributed by atoms with van der Waals surface area (Å²) in [5.74, 6) is -0.327. The van der Waals surface area contributed by atoms with E-state index in [4.69, 9.17) is 0 Å². The van der Waals surface area contributed by atoms with Gasteiger partial charge in [-0.2, -0.15) is 0 Å². The molecule has 1 heterocycles. The average Bonchev–Trinajstić information content (AvgIpc) is 2.96. The van der Waals surface area contributed by atoms with Crippen LogP contribution in [0, 0.1) is 19.7 Å². The summed E-state index contributed by atoms with van der Waals surface area (Å²) in [6.45, 7) is 4.64. The minimum absolute atomic E-state index is 0.0837. The van der Waals surface area contributed by atoms with Crippen LogP contribution in [0.15, 0.2) is 48.5 Å². The van der Waals surface area contributed by atoms with Crippen molar-refractivity contribution >= 4 is 11.6 Å². The van der Waals surface area contributed by atoms with Crippen molar-refractivity contribution < 1.29 is 9.18 Å². The van der Waals surface area contributed by atoms with Crippen LogP contribution >= 0.6 is 0 Å². The van der Waals surface area contributed by atoms with E-state index in [0.717, 1.165) is 53.8 Å². The summed E-state index contributed by atoms with van der Waals surface area (Å²) in [6, 6.07) is 14.4. The van der Waals surface area contributed by atoms with Gasteiger partial charge in [0.25, 0.3) is 5.91 Å². The molecule has 0 radical (unpaired) electrons. The fourth-order valence-electron chi connectivity index (χ4n) is 4.22. The normalized spacial score (nSPS) is 13.2. The van der Waals surface area contributed by atoms with Crippen LogP contribution in [0.3, 0.4) is 0 Å². The molecule has 28 heavy (non-hydrogen) atoms. The molecule has 0 atom stereocenters. The Kier molecular flexibility index (Phi) is 5.03. The van der Waals surface area contributed by atoms with E-state index in [1.807, 2.05) is 31.2 Å². The van der Waals surface area contributed by atoms with Crippen molar-refractivity contribution in [2.24, 2.45) is 0 Å². The van der Waals surface area contributed by atoms with E-state index in [-0.39, 0.29) is 11.7 Å². The van der Waals surface area contributed by atoms with Gasteiger partial charge in [0.2, 0.25) is 0 Å². The van der Waals surface area contributed by atoms with Crippen molar-refractivity contribution in [2.45, 2.75) is 46.1 Å². The number of halogens is 1. The molecule has 0 fully saturated rings. The Morgan fingerprint density at radius 3 is 2.57 bits per heavy atom. The van der Waals surface area contributed by atoms with Crippen molar-refractivity contribution in [3.8, 4) is 0 Å². The zero-order valence-corrected chi connectivity index (χ0v) is 16.4. The maximum absolute atomic E-state index is 13.3. The summed E-state index contributed by atoms with van der Waals surface area (Å²) in [5.41, 5.74) is 7.26. The molecule has 4 rings (SSSR count). The fourth-order valence-corrected chi connectivity index (χ4v) is 4.22. The minimum Gasteiger partial charge on any atom is -0.336 e. The van der Waals surface area contributed by atoms with E-state index in [9.17, 15) is 9.18 Å². The second kappa shape index (κ2) is 7.63. The number of aromatic nitrogens is 1. The Morgan fingerprint density at radius 2 is 1.82 bits per heavy atom. The number of fused-ring (bicyclic) bond motifs is 1. The molecular weight excluding hydrogens is 351 g/mol. The van der Waals surface area contributed by atoms with Crippen LogP contribution in [0.5, 0.6) is 0 Å². The lowest BCUT2D eigenvalue weighted by atomic mass is 9.95. The molecule has 144 valence electrons. The van der Waals surface area contributed by atoms with Gasteiger partial charge in [0, 0.05) is 17.9 Å². The highest BCUT2D eigenvalue weighted by atomic mass is 19.1. The molecular formula is C24H25FN2O. The molecule has 0 spiro atoms. The van der Waals surface area contributed by atoms with Crippen molar-refractivity contribution in [1.82, 2.24) is 4.57 Å². The van der Waals surface area contributed by atoms with Gasteiger partial charge in [-0.1, -0.05) is 24.3 Å². The number of nitrogens with one attached hydrogen (secondary N) is 1. The molecule has 1 aliphatic carbocycles. The van der Waals surface area contributed by atoms with Gasteiger partial charge in [0.05, 0.1) is 0 Å². The van der Waals surface area contributed by atoms with Gasteiger partial charge in [-0.05, 0) is 86.1 Å². The Morgan fingerprint density at radius 1 is 1.07 bits per heavy atom. The van der Waals surface area contributed by atoms with Gasteiger partial charge in [-0.3, -0.25) is 4.79 Å². The summed E-state index contributed by atoms with van der Waals surface area (Å²) in [7, 11) is 0. The average molecular weight is 376 g/mol. The first-order valence-electron chi connectivity index (χ1n) is 9.86. The third kappa shape index (κ3) is 3.59. The second-order valence-electron chi connectivity index (χ2n) is 7.64. The minimum atomic E-state index is -0.244. The van der Waals surface area contributed by atoms with E-state index in [1.165, 1.54) is 23.4 Å². The Hall–Kier alpha value is -2.88. The first kappa shape index (κ1) is 18.5. The zero-order chi connectivity index (χ0) is 19.7. The fraction of sp³-hybridized carbons (Fsp3) is 0.292. The summed E-state index contributed by atoms with van der Waals surface area (Å²) in [5, 5.41) is 3.06. The molecule has 1 N–H and O–H groups in total. The topological polar surface area (TPSA) is 34.0 Å². The molecule has 1 amide bonds. The number of rotatable bonds is 4. The molecule has 0 saturated heterocycles. The number of carbonyl (C=O) groups is 1. The number of benzene rings is 2. The lowest BCUT2D eigenvalue weighted by molar-refractivity contribution is 0.101. The van der Waals surface area contributed by atoms with Crippen LogP contribution in [-0.4, -0.2) is 10.5 Å². The molecule has 2 aromatic carbocycles. The third-order valence-electron chi connectivity index (χ3n) is 5.59. The SMILES string of the molecule is Cc1cccc(NC(=O)c2c(C)c3c(n2Cc2ccc(F)cc2)CCCC3)c1. The number of amides is 1. The maximum atomic E-state index is 13.3. The van der Waals surface area contributed by atoms with Gasteiger partial charge >= 0.3 is 0 Å². The van der Waals surface area contributed by atoms with Crippen molar-refractivity contribution in [1.29, 1.82) is 0 Å². The van der Waals surface area contributed by atoms with Gasteiger partial charge in [-0.15, -0.1) is 0 Å². The number of hydrogen-bond acceptors (Lipinski definition) is 1. The number of carbonyl (C=O) groups excluding carboxylic acids is 1. The van der Waals surface area contributed by atoms with Crippen LogP contribution < -0.4 is 5.32 Å². The predicted molar refractivity (Wildman–Crippen MR) is 110 cm³/mol. The molecule has 3 nitrogen and oxygen atoms in total. The van der Waals surface area contributed by atoms with E-state index in [2.05, 4.69) is 16.8 Å². The lowest BCUT2D eigenvalue weighted by Crippen LogP contribution is -2.20. The molecule has 1 aliphatic rings. The molecule has 0 saturated carbocycles. The molecule has 0 bridgehead atoms. The monoisotopic (exact) mass is 376 g/mol. The molecule has 0 unspecified atom stereocenters. The quantitative estimate of drug-likeness (QED) is 0.648. The third-order valence-corrected chi connectivity index (χ3v) is 5.59. The molecule has 3 aromatic rings. The van der Waals surface area contributed by atoms with Crippen LogP contribution in [-0.2, 0) is 19.4 Å². The van der Waals surface area contributed by atoms with Gasteiger partial charge in [0.1, 0.15) is 11.5 Å². The number of aryl methyl sites for hydroxylation is 1. The Bertz CT molecular complexity index is 1020. The number of hydrogen-bond donors (Lipinski definition) is 1. The van der Waals surface area contributed by atoms with Gasteiger partial charge < -0.3 is 9.88 Å². The van der Waals surface area contributed by atoms with Crippen LogP contribution in [0.4, 0.5) is 10.1 Å². The smallest absolute Gasteiger partial charge is 0.272 e. The van der Waals surface area contributed by atoms with Crippen LogP contribution in [0.1, 0.15) is 51.3 Å².